The van der Waals surface area contributed by atoms with Crippen LogP contribution in [0.5, 0.6) is 0 Å². The van der Waals surface area contributed by atoms with Crippen LogP contribution in [0.3, 0.4) is 0 Å². The Bertz CT molecular complexity index is 1440. The maximum Gasteiger partial charge on any atom is 0.256 e. The van der Waals surface area contributed by atoms with Crippen molar-refractivity contribution >= 4 is 28.6 Å². The number of nitrogens with zero attached hydrogens (tertiary/aromatic N) is 4. The lowest BCUT2D eigenvalue weighted by Gasteiger charge is -2.38. The molecular weight excluding hydrogens is 524 g/mol. The smallest absolute Gasteiger partial charge is 0.256 e. The molecule has 7 nitrogen and oxygen atoms in total. The van der Waals surface area contributed by atoms with Gasteiger partial charge in [-0.1, -0.05) is 37.3 Å². The number of amides is 2. The highest BCUT2D eigenvalue weighted by molar-refractivity contribution is 6.15. The molecule has 0 N–H and O–H groups in total. The normalized spacial score (nSPS) is 20.4. The largest absolute Gasteiger partial charge is 0.464 e. The van der Waals surface area contributed by atoms with Crippen molar-refractivity contribution < 1.29 is 14.0 Å². The molecule has 1 saturated carbocycles. The monoisotopic (exact) mass is 568 g/mol. The first kappa shape index (κ1) is 28.7. The average molecular weight is 569 g/mol. The summed E-state index contributed by atoms with van der Waals surface area (Å²) >= 11 is 0. The molecule has 4 aliphatic rings. The summed E-state index contributed by atoms with van der Waals surface area (Å²) in [5, 5.41) is 1.10. The topological polar surface area (TPSA) is 69.4 Å². The minimum Gasteiger partial charge on any atom is -0.464 e. The number of furan rings is 1. The van der Waals surface area contributed by atoms with Gasteiger partial charge in [0.1, 0.15) is 17.0 Å². The Labute approximate surface area is 249 Å². The van der Waals surface area contributed by atoms with Gasteiger partial charge in [-0.05, 0) is 88.1 Å². The zero-order chi connectivity index (χ0) is 29.3. The van der Waals surface area contributed by atoms with E-state index >= 15 is 0 Å². The van der Waals surface area contributed by atoms with E-state index in [2.05, 4.69) is 62.1 Å². The van der Waals surface area contributed by atoms with Gasteiger partial charge in [0, 0.05) is 55.6 Å². The van der Waals surface area contributed by atoms with Gasteiger partial charge >= 0.3 is 0 Å². The highest BCUT2D eigenvalue weighted by Gasteiger charge is 2.49. The highest BCUT2D eigenvalue weighted by Crippen LogP contribution is 2.36. The van der Waals surface area contributed by atoms with Crippen molar-refractivity contribution in [2.24, 2.45) is 10.9 Å². The third kappa shape index (κ3) is 5.76. The Morgan fingerprint density at radius 3 is 2.26 bits per heavy atom. The average Bonchev–Trinajstić information content (AvgIpc) is 3.39. The lowest BCUT2D eigenvalue weighted by Crippen LogP contribution is -2.51. The van der Waals surface area contributed by atoms with Crippen LogP contribution in [0.15, 0.2) is 64.2 Å². The number of benzene rings is 2. The molecule has 7 rings (SSSR count). The molecule has 2 amide bonds. The number of amidine groups is 1. The maximum atomic E-state index is 13.5. The molecule has 0 atom stereocenters. The quantitative estimate of drug-likeness (QED) is 0.347. The van der Waals surface area contributed by atoms with Crippen molar-refractivity contribution in [1.82, 2.24) is 14.7 Å². The number of hydrogen-bond donors (Lipinski definition) is 0. The molecule has 42 heavy (non-hydrogen) atoms. The molecule has 2 aromatic carbocycles. The summed E-state index contributed by atoms with van der Waals surface area (Å²) in [4.78, 5) is 36.4. The molecule has 0 unspecified atom stereocenters. The fourth-order valence-corrected chi connectivity index (χ4v) is 6.53. The molecule has 3 aliphatic heterocycles. The van der Waals surface area contributed by atoms with E-state index in [4.69, 9.17) is 9.41 Å². The van der Waals surface area contributed by atoms with Crippen molar-refractivity contribution in [3.63, 3.8) is 0 Å². The number of aliphatic imine (C=N–C) groups is 1. The number of piperidine rings is 1. The first-order valence-electron chi connectivity index (χ1n) is 15.9. The molecule has 222 valence electrons. The summed E-state index contributed by atoms with van der Waals surface area (Å²) in [5.74, 6) is 1.88. The van der Waals surface area contributed by atoms with E-state index in [9.17, 15) is 9.59 Å². The van der Waals surface area contributed by atoms with Crippen molar-refractivity contribution in [2.45, 2.75) is 77.3 Å². The van der Waals surface area contributed by atoms with Gasteiger partial charge in [-0.3, -0.25) is 19.5 Å². The molecule has 4 heterocycles. The summed E-state index contributed by atoms with van der Waals surface area (Å²) < 4.78 is 5.46. The molecule has 3 aromatic rings. The van der Waals surface area contributed by atoms with E-state index in [1.54, 1.807) is 6.26 Å². The van der Waals surface area contributed by atoms with Crippen LogP contribution >= 0.6 is 0 Å². The van der Waals surface area contributed by atoms with Crippen LogP contribution < -0.4 is 0 Å². The predicted molar refractivity (Wildman–Crippen MR) is 167 cm³/mol. The first-order valence-corrected chi connectivity index (χ1v) is 15.9. The van der Waals surface area contributed by atoms with Gasteiger partial charge in [0.25, 0.3) is 5.91 Å². The number of rotatable bonds is 6. The van der Waals surface area contributed by atoms with E-state index in [1.807, 2.05) is 21.9 Å². The minimum absolute atomic E-state index is 0.187. The van der Waals surface area contributed by atoms with E-state index in [1.165, 1.54) is 12.8 Å². The second-order valence-corrected chi connectivity index (χ2v) is 12.6. The molecule has 1 spiro atoms. The summed E-state index contributed by atoms with van der Waals surface area (Å²) in [6.07, 6.45) is 8.98. The van der Waals surface area contributed by atoms with Gasteiger partial charge in [0.15, 0.2) is 0 Å². The maximum absolute atomic E-state index is 13.5. The van der Waals surface area contributed by atoms with Gasteiger partial charge in [-0.2, -0.15) is 0 Å². The summed E-state index contributed by atoms with van der Waals surface area (Å²) in [6.45, 7) is 11.2. The highest BCUT2D eigenvalue weighted by atomic mass is 16.3. The Kier molecular flexibility index (Phi) is 8.22. The lowest BCUT2D eigenvalue weighted by molar-refractivity contribution is -0.133. The van der Waals surface area contributed by atoms with E-state index in [-0.39, 0.29) is 5.91 Å². The number of hydrogen-bond acceptors (Lipinski definition) is 5. The Morgan fingerprint density at radius 2 is 1.62 bits per heavy atom. The zero-order valence-corrected chi connectivity index (χ0v) is 25.3. The summed E-state index contributed by atoms with van der Waals surface area (Å²) in [7, 11) is 0. The molecule has 7 heteroatoms. The van der Waals surface area contributed by atoms with Crippen molar-refractivity contribution in [3.05, 3.63) is 60.4 Å². The van der Waals surface area contributed by atoms with Crippen LogP contribution in [0.1, 0.15) is 71.3 Å². The number of likely N-dealkylation sites (tertiary alicyclic amines) is 2. The van der Waals surface area contributed by atoms with Crippen LogP contribution in [0.2, 0.25) is 0 Å². The zero-order valence-electron chi connectivity index (χ0n) is 25.3. The van der Waals surface area contributed by atoms with Gasteiger partial charge < -0.3 is 14.2 Å². The van der Waals surface area contributed by atoms with E-state index in [0.717, 1.165) is 91.8 Å². The summed E-state index contributed by atoms with van der Waals surface area (Å²) in [5.41, 5.74) is 3.62. The van der Waals surface area contributed by atoms with Gasteiger partial charge in [0.2, 0.25) is 5.91 Å². The number of carbonyl (C=O) groups excluding carboxylic acids is 2. The Morgan fingerprint density at radius 1 is 0.952 bits per heavy atom. The first-order chi connectivity index (χ1) is 20.4. The lowest BCUT2D eigenvalue weighted by atomic mass is 9.87. The van der Waals surface area contributed by atoms with Crippen LogP contribution in [-0.4, -0.2) is 76.7 Å². The minimum atomic E-state index is -0.582. The van der Waals surface area contributed by atoms with Crippen molar-refractivity contribution in [1.29, 1.82) is 0 Å². The van der Waals surface area contributed by atoms with Gasteiger partial charge in [0.05, 0.1) is 6.26 Å². The van der Waals surface area contributed by atoms with Gasteiger partial charge in [-0.15, -0.1) is 0 Å². The molecule has 1 aliphatic carbocycles. The molecule has 3 fully saturated rings. The summed E-state index contributed by atoms with van der Waals surface area (Å²) in [6, 6.07) is 17.2. The third-order valence-corrected chi connectivity index (χ3v) is 9.29. The molecule has 0 bridgehead atoms. The van der Waals surface area contributed by atoms with Crippen LogP contribution in [-0.2, 0) is 9.59 Å². The third-order valence-electron chi connectivity index (χ3n) is 9.29. The fraction of sp³-hybridized carbons (Fsp3) is 0.514. The SMILES string of the molecule is CCCN1C(=O)C2(CCN(C(C)C)CC2)N=C1c1ccc(-c2ccc3occc3c2)cc1.O=C(C1CC1)N1CCCC1. The Hall–Kier alpha value is -3.45. The molecule has 0 radical (unpaired) electrons. The molecular formula is C35H44N4O3. The predicted octanol–water partition coefficient (Wildman–Crippen LogP) is 6.36. The number of carbonyl (C=O) groups is 2. The van der Waals surface area contributed by atoms with Crippen molar-refractivity contribution in [3.8, 4) is 11.1 Å². The fourth-order valence-electron chi connectivity index (χ4n) is 6.53. The Balaban J connectivity index is 0.000000265. The second-order valence-electron chi connectivity index (χ2n) is 12.6. The molecule has 1 aromatic heterocycles. The van der Waals surface area contributed by atoms with Crippen LogP contribution in [0.25, 0.3) is 22.1 Å². The van der Waals surface area contributed by atoms with Crippen molar-refractivity contribution in [2.75, 3.05) is 32.7 Å². The van der Waals surface area contributed by atoms with E-state index in [0.29, 0.717) is 24.4 Å². The second kappa shape index (κ2) is 12.0. The van der Waals surface area contributed by atoms with E-state index < -0.39 is 5.54 Å². The molecule has 2 saturated heterocycles. The number of fused-ring (bicyclic) bond motifs is 1. The van der Waals surface area contributed by atoms with Crippen LogP contribution in [0.4, 0.5) is 0 Å². The van der Waals surface area contributed by atoms with Crippen LogP contribution in [0, 0.1) is 5.92 Å². The van der Waals surface area contributed by atoms with Gasteiger partial charge in [-0.25, -0.2) is 0 Å². The standard InChI is InChI=1S/C27H31N3O2.C8H13NO/c1-4-14-30-25(28-27(26(30)31)12-15-29(16-13-27)19(2)3)21-7-5-20(6-8-21)22-9-10-24-23(18-22)11-17-32-24;10-8(7-3-4-7)9-5-1-2-6-9/h5-11,17-19H,4,12-16H2,1-3H3;7H,1-6H2.